The normalized spacial score (nSPS) is 16.8. The number of carbonyl (C=O) groups is 1. The summed E-state index contributed by atoms with van der Waals surface area (Å²) in [6.45, 7) is 1.72. The smallest absolute Gasteiger partial charge is 0.329 e. The van der Waals surface area contributed by atoms with Gasteiger partial charge in [-0.25, -0.2) is 4.98 Å². The molecule has 0 aliphatic heterocycles. The van der Waals surface area contributed by atoms with Gasteiger partial charge in [0.15, 0.2) is 0 Å². The molecule has 1 atom stereocenters. The molecule has 126 valence electrons. The van der Waals surface area contributed by atoms with Crippen molar-refractivity contribution in [1.29, 1.82) is 0 Å². The van der Waals surface area contributed by atoms with Crippen molar-refractivity contribution >= 4 is 29.1 Å². The number of aliphatic carboxylic acids is 1. The monoisotopic (exact) mass is 342 g/mol. The molecule has 1 aromatic rings. The van der Waals surface area contributed by atoms with Gasteiger partial charge in [-0.1, -0.05) is 26.2 Å². The lowest BCUT2D eigenvalue weighted by atomic mass is 9.93. The lowest BCUT2D eigenvalue weighted by molar-refractivity contribution is -0.384. The molecule has 1 fully saturated rings. The highest BCUT2D eigenvalue weighted by atomic mass is 35.5. The SMILES string of the molecule is CC(CN(c1nc(Cl)ncc1[N+](=O)[O-])C1CCCCC1)C(=O)O. The van der Waals surface area contributed by atoms with Crippen molar-refractivity contribution in [1.82, 2.24) is 9.97 Å². The van der Waals surface area contributed by atoms with Crippen LogP contribution >= 0.6 is 11.6 Å². The van der Waals surface area contributed by atoms with Crippen LogP contribution in [0.3, 0.4) is 0 Å². The number of carboxylic acids is 1. The molecule has 1 N–H and O–H groups in total. The molecule has 1 saturated carbocycles. The Balaban J connectivity index is 2.41. The van der Waals surface area contributed by atoms with Gasteiger partial charge in [-0.3, -0.25) is 14.9 Å². The van der Waals surface area contributed by atoms with E-state index in [2.05, 4.69) is 9.97 Å². The molecular formula is C14H19ClN4O4. The Morgan fingerprint density at radius 3 is 2.74 bits per heavy atom. The number of carboxylic acid groups (broad SMARTS) is 1. The highest BCUT2D eigenvalue weighted by molar-refractivity contribution is 6.28. The molecule has 0 bridgehead atoms. The zero-order valence-electron chi connectivity index (χ0n) is 12.8. The van der Waals surface area contributed by atoms with E-state index in [-0.39, 0.29) is 29.4 Å². The van der Waals surface area contributed by atoms with Crippen LogP contribution < -0.4 is 4.90 Å². The summed E-state index contributed by atoms with van der Waals surface area (Å²) in [4.78, 5) is 31.4. The quantitative estimate of drug-likeness (QED) is 0.480. The molecule has 1 unspecified atom stereocenters. The molecule has 1 aliphatic carbocycles. The predicted molar refractivity (Wildman–Crippen MR) is 84.7 cm³/mol. The van der Waals surface area contributed by atoms with E-state index in [0.717, 1.165) is 38.3 Å². The molecule has 0 amide bonds. The summed E-state index contributed by atoms with van der Waals surface area (Å²) in [6.07, 6.45) is 5.91. The zero-order valence-corrected chi connectivity index (χ0v) is 13.6. The molecule has 0 spiro atoms. The number of nitro groups is 1. The van der Waals surface area contributed by atoms with Crippen LogP contribution in [0.1, 0.15) is 39.0 Å². The molecule has 2 rings (SSSR count). The first kappa shape index (κ1) is 17.4. The summed E-state index contributed by atoms with van der Waals surface area (Å²) in [5.74, 6) is -1.52. The zero-order chi connectivity index (χ0) is 17.0. The van der Waals surface area contributed by atoms with Gasteiger partial charge in [0.05, 0.1) is 10.8 Å². The molecule has 8 nitrogen and oxygen atoms in total. The average molecular weight is 343 g/mol. The second-order valence-corrected chi connectivity index (χ2v) is 6.13. The van der Waals surface area contributed by atoms with Crippen LogP contribution in [-0.4, -0.2) is 38.6 Å². The first-order valence-electron chi connectivity index (χ1n) is 7.56. The van der Waals surface area contributed by atoms with Gasteiger partial charge in [-0.05, 0) is 24.4 Å². The summed E-state index contributed by atoms with van der Waals surface area (Å²) in [7, 11) is 0. The Bertz CT molecular complexity index is 592. The van der Waals surface area contributed by atoms with Crippen molar-refractivity contribution in [3.8, 4) is 0 Å². The van der Waals surface area contributed by atoms with E-state index in [9.17, 15) is 20.0 Å². The summed E-state index contributed by atoms with van der Waals surface area (Å²) < 4.78 is 0. The van der Waals surface area contributed by atoms with Crippen molar-refractivity contribution < 1.29 is 14.8 Å². The minimum absolute atomic E-state index is 0.0233. The van der Waals surface area contributed by atoms with E-state index in [1.54, 1.807) is 11.8 Å². The standard InChI is InChI=1S/C14H19ClN4O4/c1-9(13(20)21)8-18(10-5-3-2-4-6-10)12-11(19(22)23)7-16-14(15)17-12/h7,9-10H,2-6,8H2,1H3,(H,20,21). The van der Waals surface area contributed by atoms with Gasteiger partial charge in [0, 0.05) is 12.6 Å². The minimum Gasteiger partial charge on any atom is -0.481 e. The number of nitrogens with zero attached hydrogens (tertiary/aromatic N) is 4. The largest absolute Gasteiger partial charge is 0.481 e. The summed E-state index contributed by atoms with van der Waals surface area (Å²) >= 11 is 5.82. The van der Waals surface area contributed by atoms with Gasteiger partial charge in [0.1, 0.15) is 6.20 Å². The van der Waals surface area contributed by atoms with Crippen LogP contribution in [-0.2, 0) is 4.79 Å². The number of hydrogen-bond acceptors (Lipinski definition) is 6. The van der Waals surface area contributed by atoms with Crippen LogP contribution in [0.5, 0.6) is 0 Å². The molecule has 1 aliphatic rings. The van der Waals surface area contributed by atoms with Crippen molar-refractivity contribution in [3.63, 3.8) is 0 Å². The summed E-state index contributed by atoms with van der Waals surface area (Å²) in [5, 5.41) is 20.4. The lowest BCUT2D eigenvalue weighted by Gasteiger charge is -2.35. The molecule has 9 heteroatoms. The van der Waals surface area contributed by atoms with E-state index in [1.807, 2.05) is 0 Å². The minimum atomic E-state index is -0.950. The van der Waals surface area contributed by atoms with Crippen LogP contribution in [0.15, 0.2) is 6.20 Å². The third-order valence-electron chi connectivity index (χ3n) is 4.10. The number of hydrogen-bond donors (Lipinski definition) is 1. The number of anilines is 1. The molecule has 0 radical (unpaired) electrons. The lowest BCUT2D eigenvalue weighted by Crippen LogP contribution is -2.42. The first-order valence-corrected chi connectivity index (χ1v) is 7.94. The maximum atomic E-state index is 11.3. The molecule has 0 aromatic carbocycles. The van der Waals surface area contributed by atoms with Crippen LogP contribution in [0.2, 0.25) is 5.28 Å². The van der Waals surface area contributed by atoms with Crippen molar-refractivity contribution in [2.45, 2.75) is 45.1 Å². The van der Waals surface area contributed by atoms with E-state index in [0.29, 0.717) is 0 Å². The fourth-order valence-electron chi connectivity index (χ4n) is 2.86. The summed E-state index contributed by atoms with van der Waals surface area (Å²) in [5.41, 5.74) is -0.252. The van der Waals surface area contributed by atoms with Gasteiger partial charge >= 0.3 is 11.7 Å². The fourth-order valence-corrected chi connectivity index (χ4v) is 2.99. The second kappa shape index (κ2) is 7.54. The number of halogens is 1. The van der Waals surface area contributed by atoms with Crippen molar-refractivity contribution in [2.24, 2.45) is 5.92 Å². The Morgan fingerprint density at radius 2 is 2.17 bits per heavy atom. The molecule has 23 heavy (non-hydrogen) atoms. The topological polar surface area (TPSA) is 109 Å². The first-order chi connectivity index (χ1) is 10.9. The molecular weight excluding hydrogens is 324 g/mol. The van der Waals surface area contributed by atoms with Gasteiger partial charge in [0.2, 0.25) is 11.1 Å². The van der Waals surface area contributed by atoms with Gasteiger partial charge < -0.3 is 10.0 Å². The van der Waals surface area contributed by atoms with Crippen molar-refractivity contribution in [2.75, 3.05) is 11.4 Å². The Hall–Kier alpha value is -1.96. The Morgan fingerprint density at radius 1 is 1.52 bits per heavy atom. The number of rotatable bonds is 6. The maximum absolute atomic E-state index is 11.3. The molecule has 1 heterocycles. The Labute approximate surface area is 138 Å². The second-order valence-electron chi connectivity index (χ2n) is 5.79. The Kier molecular flexibility index (Phi) is 5.70. The molecule has 1 aromatic heterocycles. The van der Waals surface area contributed by atoms with Gasteiger partial charge in [0.25, 0.3) is 0 Å². The summed E-state index contributed by atoms with van der Waals surface area (Å²) in [6, 6.07) is 0.0233. The average Bonchev–Trinajstić information content (AvgIpc) is 2.52. The van der Waals surface area contributed by atoms with Crippen LogP contribution in [0.4, 0.5) is 11.5 Å². The van der Waals surface area contributed by atoms with E-state index < -0.39 is 16.8 Å². The van der Waals surface area contributed by atoms with E-state index >= 15 is 0 Å². The third kappa shape index (κ3) is 4.28. The fraction of sp³-hybridized carbons (Fsp3) is 0.643. The highest BCUT2D eigenvalue weighted by Crippen LogP contribution is 2.33. The highest BCUT2D eigenvalue weighted by Gasteiger charge is 2.31. The van der Waals surface area contributed by atoms with E-state index in [4.69, 9.17) is 11.6 Å². The van der Waals surface area contributed by atoms with Crippen LogP contribution in [0, 0.1) is 16.0 Å². The maximum Gasteiger partial charge on any atom is 0.329 e. The van der Waals surface area contributed by atoms with E-state index in [1.165, 1.54) is 0 Å². The predicted octanol–water partition coefficient (Wildman–Crippen LogP) is 2.90. The third-order valence-corrected chi connectivity index (χ3v) is 4.28. The van der Waals surface area contributed by atoms with Gasteiger partial charge in [-0.15, -0.1) is 0 Å². The number of aromatic nitrogens is 2. The molecule has 0 saturated heterocycles. The van der Waals surface area contributed by atoms with Gasteiger partial charge in [-0.2, -0.15) is 4.98 Å². The van der Waals surface area contributed by atoms with Crippen LogP contribution in [0.25, 0.3) is 0 Å². The van der Waals surface area contributed by atoms with Crippen molar-refractivity contribution in [3.05, 3.63) is 21.6 Å².